The number of carbonyl (C=O) groups is 1. The highest BCUT2D eigenvalue weighted by atomic mass is 19.1. The predicted octanol–water partition coefficient (Wildman–Crippen LogP) is 6.25. The van der Waals surface area contributed by atoms with Gasteiger partial charge in [-0.1, -0.05) is 62.2 Å². The minimum absolute atomic E-state index is 0.00399. The number of nitrogens with zero attached hydrogens (tertiary/aromatic N) is 1. The Kier molecular flexibility index (Phi) is 6.36. The zero-order chi connectivity index (χ0) is 24.4. The minimum Gasteiger partial charge on any atom is -0.494 e. The van der Waals surface area contributed by atoms with Crippen molar-refractivity contribution in [2.75, 3.05) is 6.61 Å². The smallest absolute Gasteiger partial charge is 0.291 e. The zero-order valence-corrected chi connectivity index (χ0v) is 19.5. The molecule has 0 spiro atoms. The molecule has 1 amide bonds. The molecular weight excluding hydrogens is 445 g/mol. The molecule has 5 nitrogen and oxygen atoms in total. The molecule has 0 fully saturated rings. The van der Waals surface area contributed by atoms with E-state index in [0.29, 0.717) is 18.9 Å². The number of hydrogen-bond acceptors (Lipinski definition) is 4. The van der Waals surface area contributed by atoms with Gasteiger partial charge in [-0.3, -0.25) is 9.59 Å². The van der Waals surface area contributed by atoms with Gasteiger partial charge in [-0.25, -0.2) is 4.39 Å². The first-order chi connectivity index (χ1) is 17.1. The lowest BCUT2D eigenvalue weighted by molar-refractivity contribution is 0.0714. The Bertz CT molecular complexity index is 1430. The third kappa shape index (κ3) is 4.44. The fraction of sp³-hybridized carbons (Fsp3) is 0.241. The molecule has 0 saturated carbocycles. The average Bonchev–Trinajstić information content (AvgIpc) is 3.15. The van der Waals surface area contributed by atoms with E-state index >= 15 is 0 Å². The van der Waals surface area contributed by atoms with Gasteiger partial charge in [-0.15, -0.1) is 0 Å². The van der Waals surface area contributed by atoms with Crippen LogP contribution in [0, 0.1) is 5.82 Å². The molecule has 1 aliphatic heterocycles. The first-order valence-electron chi connectivity index (χ1n) is 11.9. The summed E-state index contributed by atoms with van der Waals surface area (Å²) < 4.78 is 25.8. The molecule has 1 aliphatic rings. The largest absolute Gasteiger partial charge is 0.494 e. The molecule has 0 radical (unpaired) electrons. The van der Waals surface area contributed by atoms with Crippen molar-refractivity contribution in [1.82, 2.24) is 4.90 Å². The van der Waals surface area contributed by atoms with Crippen LogP contribution in [-0.4, -0.2) is 17.4 Å². The summed E-state index contributed by atoms with van der Waals surface area (Å²) in [7, 11) is 0. The van der Waals surface area contributed by atoms with Crippen molar-refractivity contribution in [1.29, 1.82) is 0 Å². The Hall–Kier alpha value is -3.93. The summed E-state index contributed by atoms with van der Waals surface area (Å²) in [6.07, 6.45) is 3.13. The quantitative estimate of drug-likeness (QED) is 0.285. The Morgan fingerprint density at radius 3 is 2.60 bits per heavy atom. The van der Waals surface area contributed by atoms with E-state index in [1.54, 1.807) is 4.90 Å². The van der Waals surface area contributed by atoms with Crippen LogP contribution in [0.25, 0.3) is 11.0 Å². The molecule has 0 aliphatic carbocycles. The van der Waals surface area contributed by atoms with Crippen LogP contribution >= 0.6 is 0 Å². The van der Waals surface area contributed by atoms with Crippen molar-refractivity contribution in [2.24, 2.45) is 0 Å². The van der Waals surface area contributed by atoms with Gasteiger partial charge in [0.25, 0.3) is 5.91 Å². The normalized spacial score (nSPS) is 15.0. The van der Waals surface area contributed by atoms with Crippen molar-refractivity contribution < 1.29 is 18.3 Å². The first-order valence-corrected chi connectivity index (χ1v) is 11.9. The first kappa shape index (κ1) is 22.8. The maximum absolute atomic E-state index is 14.0. The second kappa shape index (κ2) is 9.74. The van der Waals surface area contributed by atoms with Crippen LogP contribution < -0.4 is 10.2 Å². The summed E-state index contributed by atoms with van der Waals surface area (Å²) in [6.45, 7) is 3.02. The molecule has 1 atom stereocenters. The van der Waals surface area contributed by atoms with E-state index in [1.807, 2.05) is 54.6 Å². The number of halogens is 1. The minimum atomic E-state index is -0.680. The number of unbranched alkanes of at least 4 members (excludes halogenated alkanes) is 2. The molecular formula is C29H26FNO4. The standard InChI is InChI=1S/C29H26FNO4/c1-2-3-7-15-34-22-12-8-11-20(16-22)26-25-27(32)23-17-21(30)13-14-24(23)35-28(25)29(33)31(26)18-19-9-5-4-6-10-19/h4-6,8-14,16-17,26H,2-3,7,15,18H2,1H3. The molecule has 5 rings (SSSR count). The van der Waals surface area contributed by atoms with Gasteiger partial charge in [0.05, 0.1) is 23.6 Å². The van der Waals surface area contributed by atoms with E-state index in [0.717, 1.165) is 36.5 Å². The van der Waals surface area contributed by atoms with Gasteiger partial charge in [0, 0.05) is 6.54 Å². The second-order valence-corrected chi connectivity index (χ2v) is 8.76. The van der Waals surface area contributed by atoms with Crippen molar-refractivity contribution in [2.45, 2.75) is 38.8 Å². The molecule has 0 N–H and O–H groups in total. The Morgan fingerprint density at radius 2 is 1.80 bits per heavy atom. The molecule has 6 heteroatoms. The molecule has 2 heterocycles. The monoisotopic (exact) mass is 471 g/mol. The molecule has 0 saturated heterocycles. The highest BCUT2D eigenvalue weighted by Crippen LogP contribution is 2.40. The highest BCUT2D eigenvalue weighted by Gasteiger charge is 2.42. The van der Waals surface area contributed by atoms with Crippen LogP contribution in [0.15, 0.2) is 82.0 Å². The Balaban J connectivity index is 1.62. The van der Waals surface area contributed by atoms with Gasteiger partial charge in [0.1, 0.15) is 17.1 Å². The molecule has 35 heavy (non-hydrogen) atoms. The summed E-state index contributed by atoms with van der Waals surface area (Å²) in [4.78, 5) is 28.8. The maximum Gasteiger partial charge on any atom is 0.291 e. The van der Waals surface area contributed by atoms with Gasteiger partial charge in [-0.05, 0) is 47.9 Å². The number of fused-ring (bicyclic) bond motifs is 2. The Morgan fingerprint density at radius 1 is 0.971 bits per heavy atom. The third-order valence-corrected chi connectivity index (χ3v) is 6.31. The molecule has 1 unspecified atom stereocenters. The molecule has 3 aromatic carbocycles. The van der Waals surface area contributed by atoms with E-state index in [1.165, 1.54) is 12.1 Å². The van der Waals surface area contributed by atoms with Crippen LogP contribution in [0.2, 0.25) is 0 Å². The maximum atomic E-state index is 14.0. The Labute approximate surface area is 202 Å². The van der Waals surface area contributed by atoms with Gasteiger partial charge >= 0.3 is 0 Å². The number of rotatable bonds is 8. The summed E-state index contributed by atoms with van der Waals surface area (Å²) in [6, 6.07) is 20.1. The fourth-order valence-corrected chi connectivity index (χ4v) is 4.60. The zero-order valence-electron chi connectivity index (χ0n) is 19.5. The average molecular weight is 472 g/mol. The lowest BCUT2D eigenvalue weighted by atomic mass is 9.98. The fourth-order valence-electron chi connectivity index (χ4n) is 4.60. The highest BCUT2D eigenvalue weighted by molar-refractivity contribution is 5.99. The molecule has 1 aromatic heterocycles. The number of amides is 1. The summed E-state index contributed by atoms with van der Waals surface area (Å²) in [5.74, 6) is -0.222. The number of benzene rings is 3. The van der Waals surface area contributed by atoms with E-state index in [9.17, 15) is 14.0 Å². The topological polar surface area (TPSA) is 59.8 Å². The van der Waals surface area contributed by atoms with Crippen molar-refractivity contribution in [3.8, 4) is 5.75 Å². The van der Waals surface area contributed by atoms with Gasteiger partial charge in [0.15, 0.2) is 5.43 Å². The number of ether oxygens (including phenoxy) is 1. The summed E-state index contributed by atoms with van der Waals surface area (Å²) in [5, 5.41) is 0.120. The number of hydrogen-bond donors (Lipinski definition) is 0. The van der Waals surface area contributed by atoms with Crippen LogP contribution in [-0.2, 0) is 6.54 Å². The van der Waals surface area contributed by atoms with Crippen molar-refractivity contribution in [3.05, 3.63) is 111 Å². The van der Waals surface area contributed by atoms with Crippen molar-refractivity contribution in [3.63, 3.8) is 0 Å². The van der Waals surface area contributed by atoms with Crippen LogP contribution in [0.1, 0.15) is 59.5 Å². The molecule has 178 valence electrons. The summed E-state index contributed by atoms with van der Waals surface area (Å²) in [5.41, 5.74) is 1.69. The molecule has 0 bridgehead atoms. The van der Waals surface area contributed by atoms with Gasteiger partial charge in [-0.2, -0.15) is 0 Å². The third-order valence-electron chi connectivity index (χ3n) is 6.31. The SMILES string of the molecule is CCCCCOc1cccc(C2c3c(oc4ccc(F)cc4c3=O)C(=O)N2Cc2ccccc2)c1. The van der Waals surface area contributed by atoms with Gasteiger partial charge in [0.2, 0.25) is 5.76 Å². The van der Waals surface area contributed by atoms with Crippen LogP contribution in [0.3, 0.4) is 0 Å². The lowest BCUT2D eigenvalue weighted by Gasteiger charge is -2.25. The van der Waals surface area contributed by atoms with Crippen LogP contribution in [0.5, 0.6) is 5.75 Å². The summed E-state index contributed by atoms with van der Waals surface area (Å²) >= 11 is 0. The predicted molar refractivity (Wildman–Crippen MR) is 132 cm³/mol. The van der Waals surface area contributed by atoms with E-state index in [4.69, 9.17) is 9.15 Å². The van der Waals surface area contributed by atoms with Crippen LogP contribution in [0.4, 0.5) is 4.39 Å². The van der Waals surface area contributed by atoms with Gasteiger partial charge < -0.3 is 14.1 Å². The van der Waals surface area contributed by atoms with E-state index in [-0.39, 0.29) is 28.2 Å². The molecule has 4 aromatic rings. The van der Waals surface area contributed by atoms with E-state index in [2.05, 4.69) is 6.92 Å². The number of carbonyl (C=O) groups excluding carboxylic acids is 1. The lowest BCUT2D eigenvalue weighted by Crippen LogP contribution is -2.29. The second-order valence-electron chi connectivity index (χ2n) is 8.76. The van der Waals surface area contributed by atoms with E-state index < -0.39 is 17.3 Å². The van der Waals surface area contributed by atoms with Crippen molar-refractivity contribution >= 4 is 16.9 Å².